The number of hydrogen-bond acceptors (Lipinski definition) is 6. The van der Waals surface area contributed by atoms with Crippen LogP contribution in [0.15, 0.2) is 53.4 Å². The van der Waals surface area contributed by atoms with Crippen LogP contribution in [0.2, 0.25) is 0 Å². The fourth-order valence-electron chi connectivity index (χ4n) is 4.46. The molecule has 0 aromatic heterocycles. The summed E-state index contributed by atoms with van der Waals surface area (Å²) >= 11 is 0. The molecular weight excluding hydrogens is 458 g/mol. The Morgan fingerprint density at radius 3 is 2.35 bits per heavy atom. The van der Waals surface area contributed by atoms with Crippen LogP contribution in [0.5, 0.6) is 0 Å². The first-order valence-corrected chi connectivity index (χ1v) is 12.6. The van der Waals surface area contributed by atoms with E-state index >= 15 is 0 Å². The van der Waals surface area contributed by atoms with E-state index in [1.54, 1.807) is 24.3 Å². The zero-order valence-corrected chi connectivity index (χ0v) is 19.9. The summed E-state index contributed by atoms with van der Waals surface area (Å²) in [5.74, 6) is -1.07. The van der Waals surface area contributed by atoms with Crippen LogP contribution >= 0.6 is 0 Å². The number of benzene rings is 2. The van der Waals surface area contributed by atoms with Crippen LogP contribution in [0.25, 0.3) is 0 Å². The maximum absolute atomic E-state index is 13.0. The number of rotatable bonds is 5. The third-order valence-corrected chi connectivity index (χ3v) is 7.81. The molecule has 0 saturated carbocycles. The molecule has 1 N–H and O–H groups in total. The van der Waals surface area contributed by atoms with Crippen molar-refractivity contribution in [1.29, 1.82) is 0 Å². The summed E-state index contributed by atoms with van der Waals surface area (Å²) in [5.41, 5.74) is 1.16. The Kier molecular flexibility index (Phi) is 6.72. The lowest BCUT2D eigenvalue weighted by molar-refractivity contribution is -0.124. The number of carbonyl (C=O) groups is 3. The van der Waals surface area contributed by atoms with Crippen molar-refractivity contribution in [3.63, 3.8) is 0 Å². The van der Waals surface area contributed by atoms with Gasteiger partial charge in [-0.2, -0.15) is 4.31 Å². The van der Waals surface area contributed by atoms with Gasteiger partial charge in [-0.3, -0.25) is 14.5 Å². The molecule has 2 atom stereocenters. The van der Waals surface area contributed by atoms with E-state index < -0.39 is 28.5 Å². The van der Waals surface area contributed by atoms with Gasteiger partial charge in [-0.25, -0.2) is 13.2 Å². The molecule has 9 nitrogen and oxygen atoms in total. The number of sulfonamides is 1. The Labute approximate surface area is 198 Å². The smallest absolute Gasteiger partial charge is 0.338 e. The van der Waals surface area contributed by atoms with Gasteiger partial charge >= 0.3 is 5.97 Å². The van der Waals surface area contributed by atoms with Gasteiger partial charge in [-0.05, 0) is 54.7 Å². The van der Waals surface area contributed by atoms with Crippen LogP contribution in [0.4, 0.5) is 11.4 Å². The van der Waals surface area contributed by atoms with Crippen molar-refractivity contribution >= 4 is 39.2 Å². The van der Waals surface area contributed by atoms with Crippen LogP contribution in [-0.4, -0.2) is 56.7 Å². The van der Waals surface area contributed by atoms with Crippen molar-refractivity contribution < 1.29 is 27.5 Å². The summed E-state index contributed by atoms with van der Waals surface area (Å²) in [7, 11) is -3.66. The first-order valence-electron chi connectivity index (χ1n) is 11.1. The molecule has 0 radical (unpaired) electrons. The van der Waals surface area contributed by atoms with Crippen molar-refractivity contribution in [2.75, 3.05) is 36.5 Å². The molecule has 2 aromatic rings. The summed E-state index contributed by atoms with van der Waals surface area (Å²) in [5, 5.41) is 2.69. The number of hydrogen-bond donors (Lipinski definition) is 1. The molecule has 2 heterocycles. The number of amides is 2. The van der Waals surface area contributed by atoms with E-state index in [0.717, 1.165) is 6.42 Å². The second kappa shape index (κ2) is 9.55. The minimum absolute atomic E-state index is 0.109. The number of esters is 1. The lowest BCUT2D eigenvalue weighted by atomic mass is 9.94. The molecule has 0 bridgehead atoms. The normalized spacial score (nSPS) is 20.9. The van der Waals surface area contributed by atoms with E-state index in [1.807, 2.05) is 13.8 Å². The minimum atomic E-state index is -3.66. The first-order chi connectivity index (χ1) is 16.1. The maximum atomic E-state index is 13.0. The van der Waals surface area contributed by atoms with Crippen molar-refractivity contribution in [2.24, 2.45) is 11.8 Å². The maximum Gasteiger partial charge on any atom is 0.338 e. The number of nitrogens with zero attached hydrogens (tertiary/aromatic N) is 2. The lowest BCUT2D eigenvalue weighted by Gasteiger charge is -2.34. The Bertz CT molecular complexity index is 1200. The van der Waals surface area contributed by atoms with Crippen LogP contribution in [0.1, 0.15) is 30.6 Å². The highest BCUT2D eigenvalue weighted by molar-refractivity contribution is 7.89. The number of piperidine rings is 1. The molecule has 2 aliphatic heterocycles. The van der Waals surface area contributed by atoms with Gasteiger partial charge in [0.1, 0.15) is 6.54 Å². The highest BCUT2D eigenvalue weighted by atomic mass is 32.2. The molecule has 10 heteroatoms. The summed E-state index contributed by atoms with van der Waals surface area (Å²) in [6.45, 7) is 4.28. The van der Waals surface area contributed by atoms with Gasteiger partial charge in [0, 0.05) is 13.1 Å². The predicted octanol–water partition coefficient (Wildman–Crippen LogP) is 2.50. The average Bonchev–Trinajstić information content (AvgIpc) is 2.81. The minimum Gasteiger partial charge on any atom is -0.452 e. The number of carbonyl (C=O) groups excluding carboxylic acids is 3. The summed E-state index contributed by atoms with van der Waals surface area (Å²) in [6.07, 6.45) is 0.989. The van der Waals surface area contributed by atoms with Gasteiger partial charge in [0.05, 0.1) is 21.8 Å². The molecule has 2 aliphatic rings. The van der Waals surface area contributed by atoms with Gasteiger partial charge in [0.25, 0.3) is 5.91 Å². The summed E-state index contributed by atoms with van der Waals surface area (Å²) in [6, 6.07) is 12.4. The van der Waals surface area contributed by atoms with Gasteiger partial charge in [-0.1, -0.05) is 26.0 Å². The molecule has 2 amide bonds. The van der Waals surface area contributed by atoms with Gasteiger partial charge in [-0.15, -0.1) is 0 Å². The Morgan fingerprint density at radius 1 is 1.03 bits per heavy atom. The van der Waals surface area contributed by atoms with Crippen molar-refractivity contribution in [3.05, 3.63) is 54.1 Å². The second-order valence-electron chi connectivity index (χ2n) is 8.91. The summed E-state index contributed by atoms with van der Waals surface area (Å²) in [4.78, 5) is 38.4. The van der Waals surface area contributed by atoms with Crippen molar-refractivity contribution in [3.8, 4) is 0 Å². The first kappa shape index (κ1) is 23.9. The van der Waals surface area contributed by atoms with Crippen molar-refractivity contribution in [2.45, 2.75) is 25.2 Å². The third-order valence-electron chi connectivity index (χ3n) is 5.96. The van der Waals surface area contributed by atoms with Crippen LogP contribution in [0, 0.1) is 11.8 Å². The van der Waals surface area contributed by atoms with Gasteiger partial charge in [0.2, 0.25) is 15.9 Å². The van der Waals surface area contributed by atoms with Gasteiger partial charge in [0.15, 0.2) is 6.61 Å². The third kappa shape index (κ3) is 4.97. The van der Waals surface area contributed by atoms with Crippen LogP contribution in [-0.2, 0) is 24.3 Å². The molecule has 180 valence electrons. The topological polar surface area (TPSA) is 113 Å². The van der Waals surface area contributed by atoms with E-state index in [9.17, 15) is 22.8 Å². The molecule has 2 aromatic carbocycles. The Balaban J connectivity index is 1.40. The predicted molar refractivity (Wildman–Crippen MR) is 126 cm³/mol. The molecule has 0 unspecified atom stereocenters. The molecule has 0 spiro atoms. The molecule has 4 rings (SSSR count). The number of para-hydroxylation sites is 2. The average molecular weight is 486 g/mol. The monoisotopic (exact) mass is 485 g/mol. The van der Waals surface area contributed by atoms with E-state index in [-0.39, 0.29) is 34.7 Å². The van der Waals surface area contributed by atoms with Gasteiger partial charge < -0.3 is 10.1 Å². The highest BCUT2D eigenvalue weighted by Crippen LogP contribution is 2.29. The second-order valence-corrected chi connectivity index (χ2v) is 10.9. The Hall–Kier alpha value is -3.24. The number of anilines is 2. The zero-order chi connectivity index (χ0) is 24.5. The van der Waals surface area contributed by atoms with E-state index in [2.05, 4.69) is 5.32 Å². The summed E-state index contributed by atoms with van der Waals surface area (Å²) < 4.78 is 32.6. The molecule has 1 fully saturated rings. The van der Waals surface area contributed by atoms with E-state index in [1.165, 1.54) is 33.5 Å². The molecular formula is C24H27N3O6S. The SMILES string of the molecule is C[C@H]1C[C@H](C)CN(S(=O)(=O)c2ccc(C(=O)OCC(=O)N3CC(=O)Nc4ccccc43)cc2)C1. The highest BCUT2D eigenvalue weighted by Gasteiger charge is 2.32. The van der Waals surface area contributed by atoms with Crippen molar-refractivity contribution in [1.82, 2.24) is 4.31 Å². The molecule has 0 aliphatic carbocycles. The standard InChI is InChI=1S/C24H27N3O6S/c1-16-11-17(2)13-26(12-16)34(31,32)19-9-7-18(8-10-19)24(30)33-15-23(29)27-14-22(28)25-20-5-3-4-6-21(20)27/h3-10,16-17H,11-15H2,1-2H3,(H,25,28)/t16-,17-/m0/s1. The largest absolute Gasteiger partial charge is 0.452 e. The quantitative estimate of drug-likeness (QED) is 0.651. The Morgan fingerprint density at radius 2 is 1.68 bits per heavy atom. The zero-order valence-electron chi connectivity index (χ0n) is 19.1. The van der Waals surface area contributed by atoms with Crippen LogP contribution < -0.4 is 10.2 Å². The van der Waals surface area contributed by atoms with Crippen LogP contribution in [0.3, 0.4) is 0 Å². The number of fused-ring (bicyclic) bond motifs is 1. The van der Waals surface area contributed by atoms with E-state index in [4.69, 9.17) is 4.74 Å². The number of ether oxygens (including phenoxy) is 1. The van der Waals surface area contributed by atoms with E-state index in [0.29, 0.717) is 24.5 Å². The fourth-order valence-corrected chi connectivity index (χ4v) is 6.14. The molecule has 34 heavy (non-hydrogen) atoms. The molecule has 1 saturated heterocycles. The lowest BCUT2D eigenvalue weighted by Crippen LogP contribution is -2.44. The number of nitrogens with one attached hydrogen (secondary N) is 1. The fraction of sp³-hybridized carbons (Fsp3) is 0.375.